The van der Waals surface area contributed by atoms with Gasteiger partial charge in [-0.25, -0.2) is 0 Å². The van der Waals surface area contributed by atoms with Crippen molar-refractivity contribution < 1.29 is 9.53 Å². The van der Waals surface area contributed by atoms with Crippen molar-refractivity contribution >= 4 is 5.91 Å². The molecule has 22 heavy (non-hydrogen) atoms. The molecule has 0 saturated carbocycles. The fourth-order valence-corrected chi connectivity index (χ4v) is 4.37. The molecular weight excluding hydrogens is 276 g/mol. The van der Waals surface area contributed by atoms with Crippen LogP contribution >= 0.6 is 0 Å². The van der Waals surface area contributed by atoms with Crippen molar-refractivity contribution in [3.8, 4) is 0 Å². The van der Waals surface area contributed by atoms with Crippen molar-refractivity contribution in [2.75, 3.05) is 40.4 Å². The Morgan fingerprint density at radius 1 is 1.41 bits per heavy atom. The lowest BCUT2D eigenvalue weighted by Crippen LogP contribution is -2.72. The van der Waals surface area contributed by atoms with Crippen molar-refractivity contribution in [2.45, 2.75) is 50.5 Å². The first-order chi connectivity index (χ1) is 10.6. The molecule has 0 aromatic carbocycles. The second kappa shape index (κ2) is 6.71. The fourth-order valence-electron chi connectivity index (χ4n) is 4.37. The number of methoxy groups -OCH3 is 1. The lowest BCUT2D eigenvalue weighted by atomic mass is 9.75. The predicted octanol–water partition coefficient (Wildman–Crippen LogP) is 2.45. The van der Waals surface area contributed by atoms with E-state index in [1.54, 1.807) is 7.11 Å². The molecular formula is C18H30N2O2. The van der Waals surface area contributed by atoms with Crippen LogP contribution in [0.4, 0.5) is 0 Å². The Morgan fingerprint density at radius 3 is 2.91 bits per heavy atom. The molecule has 2 aliphatic heterocycles. The standard InChI is InChI=1S/C18H30N2O2/c1-19-9-8-16(12-22-2)11-18(19)13-20(14-18)17(21)10-15-6-4-3-5-7-15/h6,16H,3-5,7-14H2,1-2H3/t16-/m1/s1. The summed E-state index contributed by atoms with van der Waals surface area (Å²) < 4.78 is 5.35. The van der Waals surface area contributed by atoms with Crippen LogP contribution in [0.15, 0.2) is 11.6 Å². The van der Waals surface area contributed by atoms with Crippen molar-refractivity contribution in [3.63, 3.8) is 0 Å². The van der Waals surface area contributed by atoms with E-state index in [9.17, 15) is 4.79 Å². The molecule has 0 radical (unpaired) electrons. The van der Waals surface area contributed by atoms with Gasteiger partial charge in [0.05, 0.1) is 5.54 Å². The van der Waals surface area contributed by atoms with Crippen molar-refractivity contribution in [3.05, 3.63) is 11.6 Å². The van der Waals surface area contributed by atoms with Gasteiger partial charge in [0, 0.05) is 33.2 Å². The van der Waals surface area contributed by atoms with Crippen LogP contribution < -0.4 is 0 Å². The monoisotopic (exact) mass is 306 g/mol. The normalized spacial score (nSPS) is 28.4. The minimum atomic E-state index is 0.220. The Labute approximate surface area is 134 Å². The van der Waals surface area contributed by atoms with Gasteiger partial charge in [-0.1, -0.05) is 11.6 Å². The van der Waals surface area contributed by atoms with Gasteiger partial charge in [-0.3, -0.25) is 9.69 Å². The number of hydrogen-bond acceptors (Lipinski definition) is 3. The van der Waals surface area contributed by atoms with Crippen molar-refractivity contribution in [2.24, 2.45) is 5.92 Å². The molecule has 2 saturated heterocycles. The Kier molecular flexibility index (Phi) is 4.88. The van der Waals surface area contributed by atoms with E-state index in [2.05, 4.69) is 22.9 Å². The molecule has 2 fully saturated rings. The van der Waals surface area contributed by atoms with Gasteiger partial charge in [-0.15, -0.1) is 0 Å². The molecule has 124 valence electrons. The molecule has 4 nitrogen and oxygen atoms in total. The molecule has 3 rings (SSSR count). The lowest BCUT2D eigenvalue weighted by molar-refractivity contribution is -0.150. The molecule has 4 heteroatoms. The molecule has 0 unspecified atom stereocenters. The number of likely N-dealkylation sites (N-methyl/N-ethyl adjacent to an activating group) is 1. The van der Waals surface area contributed by atoms with Crippen LogP contribution in [0.1, 0.15) is 44.9 Å². The van der Waals surface area contributed by atoms with Crippen LogP contribution in [0.3, 0.4) is 0 Å². The maximum atomic E-state index is 12.5. The smallest absolute Gasteiger partial charge is 0.226 e. The summed E-state index contributed by atoms with van der Waals surface area (Å²) in [6.45, 7) is 3.81. The zero-order valence-electron chi connectivity index (χ0n) is 14.1. The summed E-state index contributed by atoms with van der Waals surface area (Å²) in [6, 6.07) is 0. The maximum absolute atomic E-state index is 12.5. The Morgan fingerprint density at radius 2 is 2.23 bits per heavy atom. The molecule has 1 aliphatic carbocycles. The summed E-state index contributed by atoms with van der Waals surface area (Å²) in [5.41, 5.74) is 1.59. The first kappa shape index (κ1) is 16.0. The van der Waals surface area contributed by atoms with E-state index in [1.165, 1.54) is 31.3 Å². The van der Waals surface area contributed by atoms with Gasteiger partial charge in [0.25, 0.3) is 0 Å². The van der Waals surface area contributed by atoms with Crippen LogP contribution in [0.2, 0.25) is 0 Å². The van der Waals surface area contributed by atoms with E-state index in [0.29, 0.717) is 18.2 Å². The van der Waals surface area contributed by atoms with Gasteiger partial charge in [0.1, 0.15) is 0 Å². The van der Waals surface area contributed by atoms with Gasteiger partial charge in [-0.05, 0) is 58.0 Å². The minimum absolute atomic E-state index is 0.220. The van der Waals surface area contributed by atoms with Crippen LogP contribution in [-0.4, -0.2) is 61.6 Å². The Balaban J connectivity index is 1.53. The highest BCUT2D eigenvalue weighted by Gasteiger charge is 2.50. The van der Waals surface area contributed by atoms with Gasteiger partial charge >= 0.3 is 0 Å². The zero-order valence-corrected chi connectivity index (χ0v) is 14.1. The van der Waals surface area contributed by atoms with Gasteiger partial charge in [-0.2, -0.15) is 0 Å². The molecule has 0 N–H and O–H groups in total. The largest absolute Gasteiger partial charge is 0.384 e. The Bertz CT molecular complexity index is 440. The van der Waals surface area contributed by atoms with Crippen LogP contribution in [0.5, 0.6) is 0 Å². The molecule has 1 spiro atoms. The number of carbonyl (C=O) groups excluding carboxylic acids is 1. The highest BCUT2D eigenvalue weighted by Crippen LogP contribution is 2.38. The zero-order chi connectivity index (χ0) is 15.6. The fraction of sp³-hybridized carbons (Fsp3) is 0.833. The second-order valence-electron chi connectivity index (χ2n) is 7.49. The van der Waals surface area contributed by atoms with Crippen LogP contribution in [-0.2, 0) is 9.53 Å². The number of piperidine rings is 1. The van der Waals surface area contributed by atoms with Gasteiger partial charge < -0.3 is 9.64 Å². The van der Waals surface area contributed by atoms with E-state index in [4.69, 9.17) is 4.74 Å². The van der Waals surface area contributed by atoms with Crippen molar-refractivity contribution in [1.29, 1.82) is 0 Å². The first-order valence-corrected chi connectivity index (χ1v) is 8.79. The molecule has 0 bridgehead atoms. The number of ether oxygens (including phenoxy) is 1. The third-order valence-corrected chi connectivity index (χ3v) is 5.84. The van der Waals surface area contributed by atoms with E-state index < -0.39 is 0 Å². The SMILES string of the molecule is COC[C@@H]1CCN(C)C2(C1)CN(C(=O)CC1=CCCCC1)C2. The number of allylic oxidation sites excluding steroid dienone is 1. The maximum Gasteiger partial charge on any atom is 0.226 e. The van der Waals surface area contributed by atoms with Crippen LogP contribution in [0, 0.1) is 5.92 Å². The number of carbonyl (C=O) groups is 1. The number of rotatable bonds is 4. The summed E-state index contributed by atoms with van der Waals surface area (Å²) in [7, 11) is 4.01. The Hall–Kier alpha value is -0.870. The van der Waals surface area contributed by atoms with Gasteiger partial charge in [0.15, 0.2) is 0 Å². The highest BCUT2D eigenvalue weighted by atomic mass is 16.5. The third-order valence-electron chi connectivity index (χ3n) is 5.84. The first-order valence-electron chi connectivity index (χ1n) is 8.79. The van der Waals surface area contributed by atoms with E-state index in [-0.39, 0.29) is 5.54 Å². The lowest BCUT2D eigenvalue weighted by Gasteiger charge is -2.58. The number of nitrogens with zero attached hydrogens (tertiary/aromatic N) is 2. The van der Waals surface area contributed by atoms with E-state index in [1.807, 2.05) is 0 Å². The molecule has 1 amide bonds. The average molecular weight is 306 g/mol. The summed E-state index contributed by atoms with van der Waals surface area (Å²) in [4.78, 5) is 17.0. The molecule has 1 atom stereocenters. The van der Waals surface area contributed by atoms with Crippen LogP contribution in [0.25, 0.3) is 0 Å². The number of likely N-dealkylation sites (tertiary alicyclic amines) is 2. The number of hydrogen-bond donors (Lipinski definition) is 0. The predicted molar refractivity (Wildman–Crippen MR) is 87.7 cm³/mol. The molecule has 2 heterocycles. The summed E-state index contributed by atoms with van der Waals surface area (Å²) in [6.07, 6.45) is 10.2. The quantitative estimate of drug-likeness (QED) is 0.748. The molecule has 0 aromatic heterocycles. The van der Waals surface area contributed by atoms with E-state index >= 15 is 0 Å². The van der Waals surface area contributed by atoms with Crippen molar-refractivity contribution in [1.82, 2.24) is 9.80 Å². The summed E-state index contributed by atoms with van der Waals surface area (Å²) in [5.74, 6) is 0.987. The minimum Gasteiger partial charge on any atom is -0.384 e. The molecule has 0 aromatic rings. The second-order valence-corrected chi connectivity index (χ2v) is 7.49. The summed E-state index contributed by atoms with van der Waals surface area (Å²) in [5, 5.41) is 0. The highest BCUT2D eigenvalue weighted by molar-refractivity contribution is 5.80. The third kappa shape index (κ3) is 3.23. The summed E-state index contributed by atoms with van der Waals surface area (Å²) >= 11 is 0. The topological polar surface area (TPSA) is 32.8 Å². The number of amides is 1. The van der Waals surface area contributed by atoms with Gasteiger partial charge in [0.2, 0.25) is 5.91 Å². The molecule has 3 aliphatic rings. The van der Waals surface area contributed by atoms with E-state index in [0.717, 1.165) is 39.1 Å². The average Bonchev–Trinajstić information content (AvgIpc) is 2.48.